The molecule has 0 aliphatic carbocycles. The maximum absolute atomic E-state index is 12.6. The first-order valence-electron chi connectivity index (χ1n) is 7.37. The van der Waals surface area contributed by atoms with Crippen LogP contribution in [0.25, 0.3) is 0 Å². The van der Waals surface area contributed by atoms with Gasteiger partial charge >= 0.3 is 5.97 Å². The van der Waals surface area contributed by atoms with Gasteiger partial charge in [0.05, 0.1) is 12.7 Å². The van der Waals surface area contributed by atoms with Gasteiger partial charge in [0.15, 0.2) is 5.78 Å². The summed E-state index contributed by atoms with van der Waals surface area (Å²) in [6, 6.07) is 5.34. The Hall–Kier alpha value is -2.10. The Morgan fingerprint density at radius 2 is 1.91 bits per heavy atom. The summed E-state index contributed by atoms with van der Waals surface area (Å²) in [6.45, 7) is 7.11. The third-order valence-corrected chi connectivity index (χ3v) is 3.26. The highest BCUT2D eigenvalue weighted by Gasteiger charge is 2.21. The molecule has 0 amide bonds. The minimum atomic E-state index is -0.491. The zero-order chi connectivity index (χ0) is 16.7. The van der Waals surface area contributed by atoms with Gasteiger partial charge in [0.2, 0.25) is 0 Å². The summed E-state index contributed by atoms with van der Waals surface area (Å²) in [5, 5.41) is 0. The van der Waals surface area contributed by atoms with Crippen LogP contribution >= 0.6 is 0 Å². The van der Waals surface area contributed by atoms with Gasteiger partial charge in [-0.3, -0.25) is 9.59 Å². The smallest absolute Gasteiger partial charge is 0.303 e. The van der Waals surface area contributed by atoms with Crippen molar-refractivity contribution in [2.75, 3.05) is 7.11 Å². The summed E-state index contributed by atoms with van der Waals surface area (Å²) < 4.78 is 10.5. The van der Waals surface area contributed by atoms with E-state index in [-0.39, 0.29) is 11.8 Å². The number of ketones is 1. The molecule has 0 heterocycles. The molecule has 1 aromatic carbocycles. The fraction of sp³-hybridized carbons (Fsp3) is 0.444. The van der Waals surface area contributed by atoms with Gasteiger partial charge in [-0.2, -0.15) is 0 Å². The van der Waals surface area contributed by atoms with Gasteiger partial charge in [-0.25, -0.2) is 0 Å². The second-order valence-electron chi connectivity index (χ2n) is 5.42. The van der Waals surface area contributed by atoms with E-state index in [0.717, 1.165) is 0 Å². The van der Waals surface area contributed by atoms with Crippen molar-refractivity contribution in [2.24, 2.45) is 0 Å². The lowest BCUT2D eigenvalue weighted by atomic mass is 9.96. The average molecular weight is 304 g/mol. The van der Waals surface area contributed by atoms with Crippen molar-refractivity contribution >= 4 is 11.8 Å². The minimum absolute atomic E-state index is 0.0102. The Labute approximate surface area is 132 Å². The van der Waals surface area contributed by atoms with Gasteiger partial charge in [-0.1, -0.05) is 23.8 Å². The fourth-order valence-electron chi connectivity index (χ4n) is 2.28. The molecule has 4 heteroatoms. The molecule has 0 N–H and O–H groups in total. The molecule has 0 fully saturated rings. The van der Waals surface area contributed by atoms with Gasteiger partial charge < -0.3 is 9.47 Å². The summed E-state index contributed by atoms with van der Waals surface area (Å²) in [4.78, 5) is 23.7. The van der Waals surface area contributed by atoms with E-state index >= 15 is 0 Å². The van der Waals surface area contributed by atoms with E-state index < -0.39 is 6.10 Å². The van der Waals surface area contributed by atoms with Crippen LogP contribution in [0.3, 0.4) is 0 Å². The Morgan fingerprint density at radius 3 is 2.45 bits per heavy atom. The normalized spacial score (nSPS) is 11.5. The van der Waals surface area contributed by atoms with Crippen molar-refractivity contribution < 1.29 is 19.1 Å². The molecule has 0 spiro atoms. The molecule has 0 aliphatic rings. The highest BCUT2D eigenvalue weighted by Crippen LogP contribution is 2.30. The maximum atomic E-state index is 12.6. The minimum Gasteiger partial charge on any atom is -0.496 e. The van der Waals surface area contributed by atoms with Crippen LogP contribution in [0.5, 0.6) is 5.75 Å². The van der Waals surface area contributed by atoms with Gasteiger partial charge in [-0.15, -0.1) is 0 Å². The van der Waals surface area contributed by atoms with Crippen molar-refractivity contribution in [3.05, 3.63) is 41.0 Å². The first-order valence-corrected chi connectivity index (χ1v) is 7.37. The Balaban J connectivity index is 3.11. The molecule has 1 aromatic rings. The summed E-state index contributed by atoms with van der Waals surface area (Å²) in [7, 11) is 1.53. The monoisotopic (exact) mass is 304 g/mol. The SMILES string of the molecule is COc1cccc([C@H](C)OC(C)=O)c1C(=O)CCC=C(C)C. The number of benzene rings is 1. The second kappa shape index (κ2) is 8.37. The van der Waals surface area contributed by atoms with Crippen LogP contribution in [0, 0.1) is 0 Å². The predicted octanol–water partition coefficient (Wildman–Crippen LogP) is 4.25. The lowest BCUT2D eigenvalue weighted by molar-refractivity contribution is -0.145. The molecule has 0 unspecified atom stereocenters. The third kappa shape index (κ3) is 5.02. The zero-order valence-electron chi connectivity index (χ0n) is 13.9. The van der Waals surface area contributed by atoms with Gasteiger partial charge in [-0.05, 0) is 33.3 Å². The number of ether oxygens (including phenoxy) is 2. The molecule has 0 radical (unpaired) electrons. The van der Waals surface area contributed by atoms with Crippen LogP contribution in [0.2, 0.25) is 0 Å². The molecule has 0 saturated carbocycles. The number of carbonyl (C=O) groups is 2. The van der Waals surface area contributed by atoms with Crippen molar-refractivity contribution in [2.45, 2.75) is 46.6 Å². The van der Waals surface area contributed by atoms with E-state index in [4.69, 9.17) is 9.47 Å². The number of Topliss-reactive ketones (excluding diaryl/α,β-unsaturated/α-hetero) is 1. The van der Waals surface area contributed by atoms with Crippen LogP contribution in [0.4, 0.5) is 0 Å². The van der Waals surface area contributed by atoms with Crippen LogP contribution < -0.4 is 4.74 Å². The molecule has 1 rings (SSSR count). The highest BCUT2D eigenvalue weighted by molar-refractivity contribution is 6.00. The van der Waals surface area contributed by atoms with Crippen LogP contribution in [0.15, 0.2) is 29.8 Å². The lowest BCUT2D eigenvalue weighted by Crippen LogP contribution is -2.12. The standard InChI is InChI=1S/C18H24O4/c1-12(2)8-6-10-16(20)18-15(13(3)22-14(4)19)9-7-11-17(18)21-5/h7-9,11,13H,6,10H2,1-5H3/t13-/m0/s1. The number of rotatable bonds is 7. The highest BCUT2D eigenvalue weighted by atomic mass is 16.5. The largest absolute Gasteiger partial charge is 0.496 e. The van der Waals surface area contributed by atoms with E-state index in [0.29, 0.717) is 29.7 Å². The van der Waals surface area contributed by atoms with E-state index in [1.807, 2.05) is 19.9 Å². The Bertz CT molecular complexity index is 568. The molecular formula is C18H24O4. The Morgan fingerprint density at radius 1 is 1.23 bits per heavy atom. The molecule has 0 aromatic heterocycles. The van der Waals surface area contributed by atoms with Crippen LogP contribution in [-0.4, -0.2) is 18.9 Å². The molecule has 120 valence electrons. The number of esters is 1. The fourth-order valence-corrected chi connectivity index (χ4v) is 2.28. The molecule has 0 aliphatic heterocycles. The average Bonchev–Trinajstić information content (AvgIpc) is 2.45. The van der Waals surface area contributed by atoms with Gasteiger partial charge in [0, 0.05) is 18.9 Å². The molecule has 4 nitrogen and oxygen atoms in total. The van der Waals surface area contributed by atoms with Crippen LogP contribution in [0.1, 0.15) is 62.6 Å². The third-order valence-electron chi connectivity index (χ3n) is 3.26. The molecular weight excluding hydrogens is 280 g/mol. The zero-order valence-corrected chi connectivity index (χ0v) is 13.9. The topological polar surface area (TPSA) is 52.6 Å². The number of hydrogen-bond donors (Lipinski definition) is 0. The lowest BCUT2D eigenvalue weighted by Gasteiger charge is -2.18. The maximum Gasteiger partial charge on any atom is 0.303 e. The van der Waals surface area contributed by atoms with E-state index in [2.05, 4.69) is 0 Å². The first-order chi connectivity index (χ1) is 10.4. The summed E-state index contributed by atoms with van der Waals surface area (Å²) in [5.41, 5.74) is 2.36. The molecule has 1 atom stereocenters. The number of allylic oxidation sites excluding steroid dienone is 2. The summed E-state index contributed by atoms with van der Waals surface area (Å²) >= 11 is 0. The van der Waals surface area contributed by atoms with Crippen molar-refractivity contribution in [3.63, 3.8) is 0 Å². The van der Waals surface area contributed by atoms with E-state index in [9.17, 15) is 9.59 Å². The van der Waals surface area contributed by atoms with E-state index in [1.54, 1.807) is 25.1 Å². The van der Waals surface area contributed by atoms with E-state index in [1.165, 1.54) is 19.6 Å². The molecule has 0 saturated heterocycles. The van der Waals surface area contributed by atoms with Crippen molar-refractivity contribution in [1.82, 2.24) is 0 Å². The first kappa shape index (κ1) is 18.0. The van der Waals surface area contributed by atoms with Crippen LogP contribution in [-0.2, 0) is 9.53 Å². The summed E-state index contributed by atoms with van der Waals surface area (Å²) in [6.07, 6.45) is 2.61. The number of methoxy groups -OCH3 is 1. The number of hydrogen-bond acceptors (Lipinski definition) is 4. The quantitative estimate of drug-likeness (QED) is 0.429. The predicted molar refractivity (Wildman–Crippen MR) is 86.2 cm³/mol. The number of carbonyl (C=O) groups excluding carboxylic acids is 2. The second-order valence-corrected chi connectivity index (χ2v) is 5.42. The van der Waals surface area contributed by atoms with Gasteiger partial charge in [0.1, 0.15) is 11.9 Å². The molecule has 22 heavy (non-hydrogen) atoms. The summed E-state index contributed by atoms with van der Waals surface area (Å²) in [5.74, 6) is 0.126. The van der Waals surface area contributed by atoms with Crippen molar-refractivity contribution in [3.8, 4) is 5.75 Å². The van der Waals surface area contributed by atoms with Gasteiger partial charge in [0.25, 0.3) is 0 Å². The van der Waals surface area contributed by atoms with Crippen molar-refractivity contribution in [1.29, 1.82) is 0 Å². The Kier molecular flexibility index (Phi) is 6.83. The molecule has 0 bridgehead atoms.